The van der Waals surface area contributed by atoms with E-state index in [4.69, 9.17) is 19.2 Å². The lowest BCUT2D eigenvalue weighted by Crippen LogP contribution is -2.49. The third-order valence-corrected chi connectivity index (χ3v) is 6.11. The third kappa shape index (κ3) is 8.15. The Morgan fingerprint density at radius 3 is 2.39 bits per heavy atom. The first-order valence-electron chi connectivity index (χ1n) is 11.9. The highest BCUT2D eigenvalue weighted by atomic mass is 16.6. The number of nitrogens with zero attached hydrogens (tertiary/aromatic N) is 3. The smallest absolute Gasteiger partial charge is 0.410 e. The number of hydrogen-bond acceptors (Lipinski definition) is 5. The van der Waals surface area contributed by atoms with Crippen LogP contribution >= 0.6 is 0 Å². The second-order valence-corrected chi connectivity index (χ2v) is 9.62. The Kier molecular flexibility index (Phi) is 9.88. The Balaban J connectivity index is 1.91. The minimum atomic E-state index is -0.463. The number of methoxy groups -OCH3 is 1. The molecule has 180 valence electrons. The van der Waals surface area contributed by atoms with Crippen LogP contribution in [-0.2, 0) is 14.2 Å². The van der Waals surface area contributed by atoms with Crippen molar-refractivity contribution in [2.75, 3.05) is 59.6 Å². The van der Waals surface area contributed by atoms with Crippen molar-refractivity contribution in [3.63, 3.8) is 0 Å². The van der Waals surface area contributed by atoms with Crippen molar-refractivity contribution in [2.24, 2.45) is 10.9 Å². The summed E-state index contributed by atoms with van der Waals surface area (Å²) in [6, 6.07) is 0. The number of ether oxygens (including phenoxy) is 3. The molecule has 8 nitrogen and oxygen atoms in total. The van der Waals surface area contributed by atoms with Gasteiger partial charge in [0.2, 0.25) is 0 Å². The van der Waals surface area contributed by atoms with Crippen LogP contribution in [0, 0.1) is 5.92 Å². The van der Waals surface area contributed by atoms with E-state index >= 15 is 0 Å². The quantitative estimate of drug-likeness (QED) is 0.484. The van der Waals surface area contributed by atoms with Crippen molar-refractivity contribution in [3.8, 4) is 0 Å². The molecule has 0 bridgehead atoms. The minimum absolute atomic E-state index is 0.214. The van der Waals surface area contributed by atoms with E-state index in [0.717, 1.165) is 71.0 Å². The van der Waals surface area contributed by atoms with Gasteiger partial charge in [-0.15, -0.1) is 0 Å². The molecular weight excluding hydrogens is 396 g/mol. The molecule has 0 unspecified atom stereocenters. The van der Waals surface area contributed by atoms with Crippen molar-refractivity contribution in [3.05, 3.63) is 0 Å². The van der Waals surface area contributed by atoms with Crippen LogP contribution in [-0.4, -0.2) is 92.6 Å². The average molecular weight is 441 g/mol. The second-order valence-electron chi connectivity index (χ2n) is 9.62. The zero-order chi connectivity index (χ0) is 22.9. The van der Waals surface area contributed by atoms with Crippen LogP contribution in [0.25, 0.3) is 0 Å². The number of guanidine groups is 1. The van der Waals surface area contributed by atoms with E-state index in [0.29, 0.717) is 19.0 Å². The second kappa shape index (κ2) is 11.9. The molecule has 2 aliphatic heterocycles. The third-order valence-electron chi connectivity index (χ3n) is 6.11. The predicted octanol–water partition coefficient (Wildman–Crippen LogP) is 3.12. The van der Waals surface area contributed by atoms with Gasteiger partial charge in [0.25, 0.3) is 0 Å². The fourth-order valence-electron chi connectivity index (χ4n) is 4.11. The Hall–Kier alpha value is -1.54. The maximum Gasteiger partial charge on any atom is 0.410 e. The Bertz CT molecular complexity index is 577. The largest absolute Gasteiger partial charge is 0.444 e. The molecular formula is C23H44N4O4. The molecule has 2 fully saturated rings. The first kappa shape index (κ1) is 25.7. The maximum absolute atomic E-state index is 12.5. The lowest BCUT2D eigenvalue weighted by molar-refractivity contribution is -0.0829. The summed E-state index contributed by atoms with van der Waals surface area (Å²) in [4.78, 5) is 21.6. The lowest BCUT2D eigenvalue weighted by Gasteiger charge is -2.38. The standard InChI is InChI=1S/C23H44N4O4/c1-7-24-20(25-18-23(29-6)11-15-30-16-12-23)27-13-9-19(10-14-27)17-26(8-2)21(28)31-22(3,4)5/h19H,7-18H2,1-6H3,(H,24,25). The van der Waals surface area contributed by atoms with E-state index in [1.165, 1.54) is 0 Å². The van der Waals surface area contributed by atoms with E-state index in [9.17, 15) is 4.79 Å². The number of carbonyl (C=O) groups excluding carboxylic acids is 1. The van der Waals surface area contributed by atoms with Crippen molar-refractivity contribution in [1.29, 1.82) is 0 Å². The van der Waals surface area contributed by atoms with Crippen molar-refractivity contribution >= 4 is 12.1 Å². The molecule has 0 aromatic carbocycles. The van der Waals surface area contributed by atoms with Gasteiger partial charge in [-0.25, -0.2) is 4.79 Å². The van der Waals surface area contributed by atoms with Gasteiger partial charge in [-0.1, -0.05) is 0 Å². The monoisotopic (exact) mass is 440 g/mol. The van der Waals surface area contributed by atoms with E-state index in [1.54, 1.807) is 7.11 Å². The average Bonchev–Trinajstić information content (AvgIpc) is 2.75. The highest BCUT2D eigenvalue weighted by molar-refractivity contribution is 5.80. The fourth-order valence-corrected chi connectivity index (χ4v) is 4.11. The van der Waals surface area contributed by atoms with E-state index in [2.05, 4.69) is 17.1 Å². The van der Waals surface area contributed by atoms with Gasteiger partial charge in [-0.3, -0.25) is 4.99 Å². The van der Waals surface area contributed by atoms with Crippen LogP contribution < -0.4 is 5.32 Å². The number of piperidine rings is 1. The summed E-state index contributed by atoms with van der Waals surface area (Å²) in [5.41, 5.74) is -0.679. The summed E-state index contributed by atoms with van der Waals surface area (Å²) in [5.74, 6) is 1.44. The molecule has 0 aliphatic carbocycles. The van der Waals surface area contributed by atoms with Crippen molar-refractivity contribution in [2.45, 2.75) is 71.5 Å². The first-order valence-corrected chi connectivity index (χ1v) is 11.9. The van der Waals surface area contributed by atoms with Gasteiger partial charge in [0.1, 0.15) is 5.60 Å². The summed E-state index contributed by atoms with van der Waals surface area (Å²) in [6.45, 7) is 16.1. The van der Waals surface area contributed by atoms with Crippen LogP contribution in [0.2, 0.25) is 0 Å². The molecule has 0 radical (unpaired) electrons. The first-order chi connectivity index (χ1) is 14.7. The van der Waals surface area contributed by atoms with E-state index in [-0.39, 0.29) is 11.7 Å². The molecule has 2 saturated heterocycles. The van der Waals surface area contributed by atoms with Crippen LogP contribution in [0.5, 0.6) is 0 Å². The Morgan fingerprint density at radius 1 is 1.23 bits per heavy atom. The molecule has 8 heteroatoms. The summed E-state index contributed by atoms with van der Waals surface area (Å²) in [7, 11) is 1.78. The van der Waals surface area contributed by atoms with E-state index < -0.39 is 5.60 Å². The van der Waals surface area contributed by atoms with Crippen LogP contribution in [0.1, 0.15) is 60.3 Å². The SMILES string of the molecule is CCNC(=NCC1(OC)CCOCC1)N1CCC(CN(CC)C(=O)OC(C)(C)C)CC1. The molecule has 0 aromatic heterocycles. The van der Waals surface area contributed by atoms with Gasteiger partial charge in [0.05, 0.1) is 12.1 Å². The molecule has 0 saturated carbocycles. The van der Waals surface area contributed by atoms with E-state index in [1.807, 2.05) is 32.6 Å². The van der Waals surface area contributed by atoms with Gasteiger partial charge < -0.3 is 29.3 Å². The Morgan fingerprint density at radius 2 is 1.87 bits per heavy atom. The Labute approximate surface area is 188 Å². The number of hydrogen-bond donors (Lipinski definition) is 1. The van der Waals surface area contributed by atoms with Crippen molar-refractivity contribution < 1.29 is 19.0 Å². The van der Waals surface area contributed by atoms with Crippen LogP contribution in [0.4, 0.5) is 4.79 Å². The molecule has 1 amide bonds. The van der Waals surface area contributed by atoms with Gasteiger partial charge in [0, 0.05) is 65.9 Å². The predicted molar refractivity (Wildman–Crippen MR) is 124 cm³/mol. The number of carbonyl (C=O) groups is 1. The summed E-state index contributed by atoms with van der Waals surface area (Å²) < 4.78 is 16.9. The summed E-state index contributed by atoms with van der Waals surface area (Å²) in [5, 5.41) is 3.45. The summed E-state index contributed by atoms with van der Waals surface area (Å²) >= 11 is 0. The zero-order valence-electron chi connectivity index (χ0n) is 20.5. The van der Waals surface area contributed by atoms with Crippen molar-refractivity contribution in [1.82, 2.24) is 15.1 Å². The molecule has 2 aliphatic rings. The zero-order valence-corrected chi connectivity index (χ0v) is 20.5. The molecule has 0 atom stereocenters. The molecule has 1 N–H and O–H groups in total. The lowest BCUT2D eigenvalue weighted by atomic mass is 9.94. The van der Waals surface area contributed by atoms with Gasteiger partial charge in [0.15, 0.2) is 5.96 Å². The molecule has 31 heavy (non-hydrogen) atoms. The van der Waals surface area contributed by atoms with Crippen LogP contribution in [0.15, 0.2) is 4.99 Å². The summed E-state index contributed by atoms with van der Waals surface area (Å²) in [6.07, 6.45) is 3.62. The molecule has 2 rings (SSSR count). The van der Waals surface area contributed by atoms with Gasteiger partial charge >= 0.3 is 6.09 Å². The number of aliphatic imine (C=N–C) groups is 1. The number of amides is 1. The number of nitrogens with one attached hydrogen (secondary N) is 1. The molecule has 2 heterocycles. The number of likely N-dealkylation sites (tertiary alicyclic amines) is 1. The maximum atomic E-state index is 12.5. The molecule has 0 spiro atoms. The topological polar surface area (TPSA) is 75.6 Å². The van der Waals surface area contributed by atoms with Crippen LogP contribution in [0.3, 0.4) is 0 Å². The molecule has 0 aromatic rings. The fraction of sp³-hybridized carbons (Fsp3) is 0.913. The number of rotatable bonds is 7. The minimum Gasteiger partial charge on any atom is -0.444 e. The highest BCUT2D eigenvalue weighted by Gasteiger charge is 2.33. The highest BCUT2D eigenvalue weighted by Crippen LogP contribution is 2.25. The van der Waals surface area contributed by atoms with Gasteiger partial charge in [-0.05, 0) is 53.4 Å². The normalized spacial score (nSPS) is 20.5. The van der Waals surface area contributed by atoms with Gasteiger partial charge in [-0.2, -0.15) is 0 Å².